The monoisotopic (exact) mass is 285 g/mol. The van der Waals surface area contributed by atoms with Crippen molar-refractivity contribution < 1.29 is 18.3 Å². The average molecular weight is 285 g/mol. The lowest BCUT2D eigenvalue weighted by molar-refractivity contribution is -0.137. The molecule has 0 atom stereocenters. The number of terminal acetylenes is 1. The number of aliphatic carboxylic acids is 1. The van der Waals surface area contributed by atoms with E-state index in [-0.39, 0.29) is 29.4 Å². The number of carboxylic acids is 1. The summed E-state index contributed by atoms with van der Waals surface area (Å²) in [6.07, 6.45) is 5.10. The minimum absolute atomic E-state index is 0.00602. The van der Waals surface area contributed by atoms with Crippen LogP contribution in [0.1, 0.15) is 11.4 Å². The SMILES string of the molecule is C#CCN(C)S(=O)(=O)c1c(C)nn(CC(=O)O)c1C. The van der Waals surface area contributed by atoms with Gasteiger partial charge in [-0.25, -0.2) is 8.42 Å². The van der Waals surface area contributed by atoms with E-state index in [2.05, 4.69) is 11.0 Å². The van der Waals surface area contributed by atoms with Crippen molar-refractivity contribution in [3.05, 3.63) is 11.4 Å². The molecule has 0 aliphatic carbocycles. The van der Waals surface area contributed by atoms with Gasteiger partial charge in [-0.3, -0.25) is 9.48 Å². The Labute approximate surface area is 111 Å². The number of aryl methyl sites for hydroxylation is 1. The first-order chi connectivity index (χ1) is 8.71. The second-order valence-corrected chi connectivity index (χ2v) is 6.00. The number of hydrogen-bond donors (Lipinski definition) is 1. The van der Waals surface area contributed by atoms with E-state index in [0.29, 0.717) is 0 Å². The third kappa shape index (κ3) is 2.94. The van der Waals surface area contributed by atoms with Crippen LogP contribution < -0.4 is 0 Å². The van der Waals surface area contributed by atoms with Gasteiger partial charge >= 0.3 is 5.97 Å². The van der Waals surface area contributed by atoms with Crippen LogP contribution in [0.4, 0.5) is 0 Å². The Morgan fingerprint density at radius 2 is 2.11 bits per heavy atom. The fourth-order valence-corrected chi connectivity index (χ4v) is 3.15. The number of hydrogen-bond acceptors (Lipinski definition) is 4. The summed E-state index contributed by atoms with van der Waals surface area (Å²) in [7, 11) is -2.40. The fraction of sp³-hybridized carbons (Fsp3) is 0.455. The molecular formula is C11H15N3O4S. The molecule has 0 aromatic carbocycles. The largest absolute Gasteiger partial charge is 0.480 e. The summed E-state index contributed by atoms with van der Waals surface area (Å²) in [6.45, 7) is 2.58. The van der Waals surface area contributed by atoms with Gasteiger partial charge in [-0.1, -0.05) is 5.92 Å². The van der Waals surface area contributed by atoms with Crippen molar-refractivity contribution in [3.63, 3.8) is 0 Å². The molecule has 0 saturated heterocycles. The molecule has 0 unspecified atom stereocenters. The third-order valence-corrected chi connectivity index (χ3v) is 4.64. The zero-order valence-electron chi connectivity index (χ0n) is 10.9. The van der Waals surface area contributed by atoms with Crippen molar-refractivity contribution in [2.24, 2.45) is 0 Å². The predicted molar refractivity (Wildman–Crippen MR) is 68.0 cm³/mol. The summed E-state index contributed by atoms with van der Waals surface area (Å²) in [6, 6.07) is 0. The van der Waals surface area contributed by atoms with Crippen LogP contribution in [0.5, 0.6) is 0 Å². The highest BCUT2D eigenvalue weighted by atomic mass is 32.2. The Balaban J connectivity index is 3.33. The van der Waals surface area contributed by atoms with E-state index < -0.39 is 16.0 Å². The molecule has 0 radical (unpaired) electrons. The predicted octanol–water partition coefficient (Wildman–Crippen LogP) is -0.162. The van der Waals surface area contributed by atoms with Gasteiger partial charge in [0.15, 0.2) is 0 Å². The highest BCUT2D eigenvalue weighted by molar-refractivity contribution is 7.89. The standard InChI is InChI=1S/C11H15N3O4S/c1-5-6-13(4)19(17,18)11-8(2)12-14(9(11)3)7-10(15)16/h1H,6-7H2,2-4H3,(H,15,16). The van der Waals surface area contributed by atoms with Gasteiger partial charge in [0.25, 0.3) is 0 Å². The van der Waals surface area contributed by atoms with Crippen LogP contribution in [-0.4, -0.2) is 47.2 Å². The molecule has 0 amide bonds. The highest BCUT2D eigenvalue weighted by Crippen LogP contribution is 2.22. The van der Waals surface area contributed by atoms with Crippen LogP contribution in [0, 0.1) is 26.2 Å². The lowest BCUT2D eigenvalue weighted by Crippen LogP contribution is -2.28. The lowest BCUT2D eigenvalue weighted by atomic mass is 10.4. The second-order valence-electron chi connectivity index (χ2n) is 4.02. The molecule has 0 spiro atoms. The normalized spacial score (nSPS) is 11.5. The number of nitrogens with zero attached hydrogens (tertiary/aromatic N) is 3. The van der Waals surface area contributed by atoms with E-state index in [1.54, 1.807) is 0 Å². The zero-order valence-corrected chi connectivity index (χ0v) is 11.7. The first kappa shape index (κ1) is 15.2. The lowest BCUT2D eigenvalue weighted by Gasteiger charge is -2.14. The Kier molecular flexibility index (Phi) is 4.34. The van der Waals surface area contributed by atoms with E-state index in [0.717, 1.165) is 8.99 Å². The summed E-state index contributed by atoms with van der Waals surface area (Å²) < 4.78 is 26.8. The van der Waals surface area contributed by atoms with Crippen molar-refractivity contribution in [1.29, 1.82) is 0 Å². The Bertz CT molecular complexity index is 640. The van der Waals surface area contributed by atoms with Crippen LogP contribution in [0.15, 0.2) is 4.90 Å². The molecule has 104 valence electrons. The minimum Gasteiger partial charge on any atom is -0.480 e. The molecule has 8 heteroatoms. The van der Waals surface area contributed by atoms with Crippen molar-refractivity contribution in [1.82, 2.24) is 14.1 Å². The molecule has 0 fully saturated rings. The molecule has 1 rings (SSSR count). The molecule has 1 aromatic heterocycles. The minimum atomic E-state index is -3.76. The third-order valence-electron chi connectivity index (χ3n) is 2.58. The van der Waals surface area contributed by atoms with Crippen molar-refractivity contribution in [2.45, 2.75) is 25.3 Å². The van der Waals surface area contributed by atoms with Crippen molar-refractivity contribution >= 4 is 16.0 Å². The first-order valence-corrected chi connectivity index (χ1v) is 6.81. The van der Waals surface area contributed by atoms with Gasteiger partial charge in [0.05, 0.1) is 17.9 Å². The Morgan fingerprint density at radius 3 is 2.58 bits per heavy atom. The summed E-state index contributed by atoms with van der Waals surface area (Å²) in [5, 5.41) is 12.7. The number of rotatable bonds is 5. The van der Waals surface area contributed by atoms with Gasteiger partial charge < -0.3 is 5.11 Å². The van der Waals surface area contributed by atoms with Crippen molar-refractivity contribution in [2.75, 3.05) is 13.6 Å². The smallest absolute Gasteiger partial charge is 0.325 e. The molecule has 1 heterocycles. The average Bonchev–Trinajstić information content (AvgIpc) is 2.53. The quantitative estimate of drug-likeness (QED) is 0.759. The van der Waals surface area contributed by atoms with Crippen LogP contribution >= 0.6 is 0 Å². The number of aromatic nitrogens is 2. The molecule has 0 saturated carbocycles. The van der Waals surface area contributed by atoms with Gasteiger partial charge in [0.2, 0.25) is 10.0 Å². The molecule has 19 heavy (non-hydrogen) atoms. The van der Waals surface area contributed by atoms with E-state index in [1.807, 2.05) is 0 Å². The zero-order chi connectivity index (χ0) is 14.8. The molecule has 1 N–H and O–H groups in total. The summed E-state index contributed by atoms with van der Waals surface area (Å²) in [5.74, 6) is 1.16. The van der Waals surface area contributed by atoms with Crippen LogP contribution in [0.2, 0.25) is 0 Å². The summed E-state index contributed by atoms with van der Waals surface area (Å²) in [5.41, 5.74) is 0.534. The van der Waals surface area contributed by atoms with E-state index in [4.69, 9.17) is 11.5 Å². The molecule has 7 nitrogen and oxygen atoms in total. The maximum absolute atomic E-state index is 12.3. The maximum atomic E-state index is 12.3. The number of carboxylic acid groups (broad SMARTS) is 1. The molecule has 0 bridgehead atoms. The van der Waals surface area contributed by atoms with Gasteiger partial charge in [0.1, 0.15) is 11.4 Å². The number of carbonyl (C=O) groups is 1. The maximum Gasteiger partial charge on any atom is 0.325 e. The highest BCUT2D eigenvalue weighted by Gasteiger charge is 2.28. The molecular weight excluding hydrogens is 270 g/mol. The topological polar surface area (TPSA) is 92.5 Å². The van der Waals surface area contributed by atoms with Gasteiger partial charge in [-0.2, -0.15) is 9.40 Å². The summed E-state index contributed by atoms with van der Waals surface area (Å²) >= 11 is 0. The van der Waals surface area contributed by atoms with Gasteiger partial charge in [-0.15, -0.1) is 6.42 Å². The van der Waals surface area contributed by atoms with Crippen molar-refractivity contribution in [3.8, 4) is 12.3 Å². The second kappa shape index (κ2) is 5.42. The summed E-state index contributed by atoms with van der Waals surface area (Å²) in [4.78, 5) is 10.7. The van der Waals surface area contributed by atoms with E-state index >= 15 is 0 Å². The number of sulfonamides is 1. The Hall–Kier alpha value is -1.85. The molecule has 1 aromatic rings. The van der Waals surface area contributed by atoms with Crippen LogP contribution in [0.3, 0.4) is 0 Å². The first-order valence-electron chi connectivity index (χ1n) is 5.37. The van der Waals surface area contributed by atoms with Crippen LogP contribution in [0.25, 0.3) is 0 Å². The van der Waals surface area contributed by atoms with Gasteiger partial charge in [0, 0.05) is 7.05 Å². The van der Waals surface area contributed by atoms with E-state index in [9.17, 15) is 13.2 Å². The van der Waals surface area contributed by atoms with Crippen LogP contribution in [-0.2, 0) is 21.4 Å². The fourth-order valence-electron chi connectivity index (χ4n) is 1.71. The van der Waals surface area contributed by atoms with Gasteiger partial charge in [-0.05, 0) is 13.8 Å². The molecule has 0 aliphatic rings. The molecule has 0 aliphatic heterocycles. The van der Waals surface area contributed by atoms with E-state index in [1.165, 1.54) is 20.9 Å². The Morgan fingerprint density at radius 1 is 1.53 bits per heavy atom.